The largest absolute Gasteiger partial charge is 0.444 e. The lowest BCUT2D eigenvalue weighted by Gasteiger charge is -2.23. The van der Waals surface area contributed by atoms with Crippen molar-refractivity contribution in [2.75, 3.05) is 13.1 Å². The number of amides is 2. The fraction of sp³-hybridized carbons (Fsp3) is 0.857. The molecular weight excluding hydrogens is 292 g/mol. The fourth-order valence-electron chi connectivity index (χ4n) is 1.28. The van der Waals surface area contributed by atoms with Gasteiger partial charge in [-0.15, -0.1) is 0 Å². The SMILES string of the molecule is CC(C)(C)OC(=O)NC[C@H](O)[C@@H](O)CNC(=O)OC(C)(C)C. The van der Waals surface area contributed by atoms with E-state index < -0.39 is 35.6 Å². The third kappa shape index (κ3) is 11.2. The van der Waals surface area contributed by atoms with Crippen LogP contribution in [0.25, 0.3) is 0 Å². The van der Waals surface area contributed by atoms with Crippen molar-refractivity contribution in [2.45, 2.75) is 65.0 Å². The number of hydrogen-bond donors (Lipinski definition) is 4. The van der Waals surface area contributed by atoms with Gasteiger partial charge in [0.1, 0.15) is 11.2 Å². The number of nitrogens with one attached hydrogen (secondary N) is 2. The van der Waals surface area contributed by atoms with Gasteiger partial charge in [-0.3, -0.25) is 0 Å². The van der Waals surface area contributed by atoms with Crippen molar-refractivity contribution in [3.8, 4) is 0 Å². The Labute approximate surface area is 131 Å². The standard InChI is InChI=1S/C14H28N2O6/c1-13(2,3)21-11(19)15-7-9(17)10(18)8-16-12(20)22-14(4,5)6/h9-10,17-18H,7-8H2,1-6H3,(H,15,19)(H,16,20)/t9-,10-/m0/s1. The Morgan fingerprint density at radius 1 is 0.818 bits per heavy atom. The second-order valence-electron chi connectivity index (χ2n) is 6.90. The van der Waals surface area contributed by atoms with Gasteiger partial charge in [-0.1, -0.05) is 0 Å². The molecule has 2 atom stereocenters. The first kappa shape index (κ1) is 20.5. The number of aliphatic hydroxyl groups excluding tert-OH is 2. The summed E-state index contributed by atoms with van der Waals surface area (Å²) in [5.74, 6) is 0. The van der Waals surface area contributed by atoms with Crippen LogP contribution < -0.4 is 10.6 Å². The third-order valence-electron chi connectivity index (χ3n) is 2.15. The second-order valence-corrected chi connectivity index (χ2v) is 6.90. The zero-order valence-corrected chi connectivity index (χ0v) is 14.1. The van der Waals surface area contributed by atoms with E-state index in [2.05, 4.69) is 10.6 Å². The summed E-state index contributed by atoms with van der Waals surface area (Å²) in [5, 5.41) is 24.1. The molecule has 0 unspecified atom stereocenters. The van der Waals surface area contributed by atoms with Gasteiger partial charge < -0.3 is 30.3 Å². The van der Waals surface area contributed by atoms with E-state index in [0.29, 0.717) is 0 Å². The minimum Gasteiger partial charge on any atom is -0.444 e. The van der Waals surface area contributed by atoms with E-state index in [1.165, 1.54) is 0 Å². The molecule has 0 aromatic carbocycles. The van der Waals surface area contributed by atoms with E-state index in [-0.39, 0.29) is 13.1 Å². The van der Waals surface area contributed by atoms with E-state index in [0.717, 1.165) is 0 Å². The molecule has 8 nitrogen and oxygen atoms in total. The van der Waals surface area contributed by atoms with Gasteiger partial charge in [0.05, 0.1) is 12.2 Å². The highest BCUT2D eigenvalue weighted by Gasteiger charge is 2.22. The fourth-order valence-corrected chi connectivity index (χ4v) is 1.28. The predicted octanol–water partition coefficient (Wildman–Crippen LogP) is 0.758. The summed E-state index contributed by atoms with van der Waals surface area (Å²) in [6, 6.07) is 0. The smallest absolute Gasteiger partial charge is 0.407 e. The van der Waals surface area contributed by atoms with Gasteiger partial charge in [0.25, 0.3) is 0 Å². The molecule has 0 aromatic rings. The summed E-state index contributed by atoms with van der Waals surface area (Å²) in [5.41, 5.74) is -1.29. The molecule has 22 heavy (non-hydrogen) atoms. The number of ether oxygens (including phenoxy) is 2. The minimum atomic E-state index is -1.25. The van der Waals surface area contributed by atoms with Crippen LogP contribution in [0, 0.1) is 0 Å². The van der Waals surface area contributed by atoms with E-state index in [9.17, 15) is 19.8 Å². The third-order valence-corrected chi connectivity index (χ3v) is 2.15. The van der Waals surface area contributed by atoms with Gasteiger partial charge in [0, 0.05) is 13.1 Å². The highest BCUT2D eigenvalue weighted by Crippen LogP contribution is 2.07. The number of hydrogen-bond acceptors (Lipinski definition) is 6. The van der Waals surface area contributed by atoms with Gasteiger partial charge >= 0.3 is 12.2 Å². The van der Waals surface area contributed by atoms with Crippen molar-refractivity contribution >= 4 is 12.2 Å². The van der Waals surface area contributed by atoms with Crippen molar-refractivity contribution in [2.24, 2.45) is 0 Å². The van der Waals surface area contributed by atoms with E-state index >= 15 is 0 Å². The van der Waals surface area contributed by atoms with Crippen LogP contribution in [0.5, 0.6) is 0 Å². The summed E-state index contributed by atoms with van der Waals surface area (Å²) in [7, 11) is 0. The maximum atomic E-state index is 11.4. The van der Waals surface area contributed by atoms with E-state index in [4.69, 9.17) is 9.47 Å². The zero-order chi connectivity index (χ0) is 17.6. The number of carbonyl (C=O) groups is 2. The van der Waals surface area contributed by atoms with Crippen molar-refractivity contribution < 1.29 is 29.3 Å². The highest BCUT2D eigenvalue weighted by atomic mass is 16.6. The molecular formula is C14H28N2O6. The van der Waals surface area contributed by atoms with Gasteiger partial charge in [-0.25, -0.2) is 9.59 Å². The van der Waals surface area contributed by atoms with Crippen molar-refractivity contribution in [1.82, 2.24) is 10.6 Å². The lowest BCUT2D eigenvalue weighted by molar-refractivity contribution is 0.00982. The minimum absolute atomic E-state index is 0.202. The van der Waals surface area contributed by atoms with Crippen molar-refractivity contribution in [3.05, 3.63) is 0 Å². The van der Waals surface area contributed by atoms with Crippen LogP contribution in [0.1, 0.15) is 41.5 Å². The highest BCUT2D eigenvalue weighted by molar-refractivity contribution is 5.68. The van der Waals surface area contributed by atoms with E-state index in [1.807, 2.05) is 0 Å². The van der Waals surface area contributed by atoms with Crippen molar-refractivity contribution in [1.29, 1.82) is 0 Å². The van der Waals surface area contributed by atoms with Gasteiger partial charge in [0.2, 0.25) is 0 Å². The summed E-state index contributed by atoms with van der Waals surface area (Å²) >= 11 is 0. The van der Waals surface area contributed by atoms with Crippen LogP contribution in [-0.2, 0) is 9.47 Å². The Morgan fingerprint density at radius 3 is 1.32 bits per heavy atom. The van der Waals surface area contributed by atoms with Crippen LogP contribution >= 0.6 is 0 Å². The summed E-state index contributed by atoms with van der Waals surface area (Å²) in [6.07, 6.45) is -3.89. The second kappa shape index (κ2) is 8.19. The predicted molar refractivity (Wildman–Crippen MR) is 80.5 cm³/mol. The molecule has 0 aromatic heterocycles. The molecule has 0 rings (SSSR count). The Morgan fingerprint density at radius 2 is 1.09 bits per heavy atom. The molecule has 0 aliphatic heterocycles. The van der Waals surface area contributed by atoms with Gasteiger partial charge in [-0.2, -0.15) is 0 Å². The molecule has 130 valence electrons. The van der Waals surface area contributed by atoms with Gasteiger partial charge in [0.15, 0.2) is 0 Å². The summed E-state index contributed by atoms with van der Waals surface area (Å²) < 4.78 is 9.98. The Kier molecular flexibility index (Phi) is 7.61. The topological polar surface area (TPSA) is 117 Å². The molecule has 4 N–H and O–H groups in total. The number of alkyl carbamates (subject to hydrolysis) is 2. The molecule has 0 aliphatic carbocycles. The molecule has 0 saturated heterocycles. The zero-order valence-electron chi connectivity index (χ0n) is 14.1. The number of carbonyl (C=O) groups excluding carboxylic acids is 2. The molecule has 0 spiro atoms. The van der Waals surface area contributed by atoms with Crippen LogP contribution in [-0.4, -0.2) is 58.9 Å². The summed E-state index contributed by atoms with van der Waals surface area (Å²) in [6.45, 7) is 9.86. The molecule has 0 radical (unpaired) electrons. The monoisotopic (exact) mass is 320 g/mol. The van der Waals surface area contributed by atoms with Crippen LogP contribution in [0.15, 0.2) is 0 Å². The average molecular weight is 320 g/mol. The average Bonchev–Trinajstić information content (AvgIpc) is 2.28. The molecule has 0 saturated carbocycles. The lowest BCUT2D eigenvalue weighted by atomic mass is 10.2. The molecule has 8 heteroatoms. The maximum absolute atomic E-state index is 11.4. The molecule has 0 fully saturated rings. The number of rotatable bonds is 5. The normalized spacial score (nSPS) is 14.7. The molecule has 0 heterocycles. The first-order valence-electron chi connectivity index (χ1n) is 7.10. The molecule has 2 amide bonds. The Bertz CT molecular complexity index is 337. The van der Waals surface area contributed by atoms with Crippen LogP contribution in [0.4, 0.5) is 9.59 Å². The number of aliphatic hydroxyl groups is 2. The van der Waals surface area contributed by atoms with Crippen molar-refractivity contribution in [3.63, 3.8) is 0 Å². The Hall–Kier alpha value is -1.54. The maximum Gasteiger partial charge on any atom is 0.407 e. The van der Waals surface area contributed by atoms with E-state index in [1.54, 1.807) is 41.5 Å². The Balaban J connectivity index is 4.05. The summed E-state index contributed by atoms with van der Waals surface area (Å²) in [4.78, 5) is 22.8. The first-order valence-corrected chi connectivity index (χ1v) is 7.10. The van der Waals surface area contributed by atoms with Gasteiger partial charge in [-0.05, 0) is 41.5 Å². The lowest BCUT2D eigenvalue weighted by Crippen LogP contribution is -2.46. The van der Waals surface area contributed by atoms with Crippen LogP contribution in [0.3, 0.4) is 0 Å². The molecule has 0 aliphatic rings. The quantitative estimate of drug-likeness (QED) is 0.594. The van der Waals surface area contributed by atoms with Crippen LogP contribution in [0.2, 0.25) is 0 Å². The molecule has 0 bridgehead atoms. The first-order chi connectivity index (χ1) is 9.80.